The van der Waals surface area contributed by atoms with E-state index in [1.54, 1.807) is 25.3 Å². The van der Waals surface area contributed by atoms with Crippen molar-refractivity contribution < 1.29 is 19.4 Å². The van der Waals surface area contributed by atoms with Gasteiger partial charge >= 0.3 is 5.97 Å². The van der Waals surface area contributed by atoms with Crippen LogP contribution in [0.15, 0.2) is 42.5 Å². The minimum absolute atomic E-state index is 0.249. The van der Waals surface area contributed by atoms with Crippen LogP contribution in [-0.2, 0) is 4.79 Å². The van der Waals surface area contributed by atoms with Crippen molar-refractivity contribution in [2.24, 2.45) is 5.41 Å². The second-order valence-electron chi connectivity index (χ2n) is 8.20. The van der Waals surface area contributed by atoms with Crippen LogP contribution in [0.25, 0.3) is 11.1 Å². The lowest BCUT2D eigenvalue weighted by atomic mass is 9.88. The molecule has 2 aliphatic rings. The van der Waals surface area contributed by atoms with Crippen LogP contribution < -0.4 is 4.74 Å². The highest BCUT2D eigenvalue weighted by Gasteiger charge is 2.55. The molecule has 5 nitrogen and oxygen atoms in total. The van der Waals surface area contributed by atoms with Crippen LogP contribution in [0.5, 0.6) is 5.75 Å². The van der Waals surface area contributed by atoms with E-state index in [-0.39, 0.29) is 11.5 Å². The van der Waals surface area contributed by atoms with Gasteiger partial charge in [-0.1, -0.05) is 31.2 Å². The number of hydrogen-bond donors (Lipinski definition) is 1. The fraction of sp³-hybridized carbons (Fsp3) is 0.417. The van der Waals surface area contributed by atoms with Gasteiger partial charge in [0.05, 0.1) is 12.7 Å². The summed E-state index contributed by atoms with van der Waals surface area (Å²) in [4.78, 5) is 25.3. The van der Waals surface area contributed by atoms with E-state index in [1.807, 2.05) is 11.8 Å². The molecule has 2 aromatic rings. The third-order valence-corrected chi connectivity index (χ3v) is 6.67. The fourth-order valence-corrected chi connectivity index (χ4v) is 4.76. The predicted octanol–water partition coefficient (Wildman–Crippen LogP) is 4.57. The van der Waals surface area contributed by atoms with Gasteiger partial charge in [-0.05, 0) is 59.9 Å². The highest BCUT2D eigenvalue weighted by atomic mass is 16.5. The van der Waals surface area contributed by atoms with E-state index in [0.29, 0.717) is 23.5 Å². The molecule has 5 heteroatoms. The topological polar surface area (TPSA) is 66.8 Å². The van der Waals surface area contributed by atoms with Crippen molar-refractivity contribution in [2.45, 2.75) is 38.5 Å². The maximum absolute atomic E-state index is 11.9. The van der Waals surface area contributed by atoms with Crippen molar-refractivity contribution in [3.05, 3.63) is 53.6 Å². The lowest BCUT2D eigenvalue weighted by Gasteiger charge is -2.33. The zero-order chi connectivity index (χ0) is 20.6. The number of ether oxygens (including phenoxy) is 1. The summed E-state index contributed by atoms with van der Waals surface area (Å²) in [6.07, 6.45) is 3.95. The van der Waals surface area contributed by atoms with Crippen LogP contribution in [0.1, 0.15) is 54.4 Å². The Morgan fingerprint density at radius 1 is 1.14 bits per heavy atom. The normalized spacial score (nSPS) is 19.8. The van der Waals surface area contributed by atoms with Gasteiger partial charge in [0.15, 0.2) is 0 Å². The van der Waals surface area contributed by atoms with E-state index in [4.69, 9.17) is 4.74 Å². The zero-order valence-corrected chi connectivity index (χ0v) is 17.0. The summed E-state index contributed by atoms with van der Waals surface area (Å²) in [5.41, 5.74) is 3.67. The van der Waals surface area contributed by atoms with Crippen molar-refractivity contribution in [1.82, 2.24) is 4.90 Å². The number of carboxylic acid groups (broad SMARTS) is 1. The summed E-state index contributed by atoms with van der Waals surface area (Å²) >= 11 is 0. The summed E-state index contributed by atoms with van der Waals surface area (Å²) in [6, 6.07) is 13.4. The maximum atomic E-state index is 11.9. The molecular weight excluding hydrogens is 366 g/mol. The number of nitrogens with zero attached hydrogens (tertiary/aromatic N) is 1. The molecule has 1 N–H and O–H groups in total. The Kier molecular flexibility index (Phi) is 5.07. The molecule has 0 unspecified atom stereocenters. The maximum Gasteiger partial charge on any atom is 0.335 e. The molecule has 4 rings (SSSR count). The molecule has 29 heavy (non-hydrogen) atoms. The first-order valence-corrected chi connectivity index (χ1v) is 10.3. The number of aromatic carboxylic acids is 1. The average molecular weight is 393 g/mol. The monoisotopic (exact) mass is 393 g/mol. The van der Waals surface area contributed by atoms with Crippen molar-refractivity contribution in [1.29, 1.82) is 0 Å². The number of piperidine rings is 1. The lowest BCUT2D eigenvalue weighted by molar-refractivity contribution is -0.132. The van der Waals surface area contributed by atoms with E-state index in [2.05, 4.69) is 24.3 Å². The first-order valence-electron chi connectivity index (χ1n) is 10.3. The van der Waals surface area contributed by atoms with Gasteiger partial charge in [-0.2, -0.15) is 0 Å². The number of likely N-dealkylation sites (tertiary alicyclic amines) is 1. The Bertz CT molecular complexity index is 926. The largest absolute Gasteiger partial charge is 0.496 e. The van der Waals surface area contributed by atoms with Gasteiger partial charge in [0.2, 0.25) is 5.91 Å². The van der Waals surface area contributed by atoms with Crippen LogP contribution in [0.4, 0.5) is 0 Å². The minimum atomic E-state index is -0.946. The number of carboxylic acids is 1. The molecule has 0 bridgehead atoms. The summed E-state index contributed by atoms with van der Waals surface area (Å²) in [6.45, 7) is 3.68. The molecule has 1 saturated heterocycles. The van der Waals surface area contributed by atoms with Crippen molar-refractivity contribution >= 4 is 11.9 Å². The molecule has 0 radical (unpaired) electrons. The Morgan fingerprint density at radius 3 is 2.41 bits per heavy atom. The molecule has 2 fully saturated rings. The Labute approximate surface area is 171 Å². The Morgan fingerprint density at radius 2 is 1.83 bits per heavy atom. The number of benzene rings is 2. The van der Waals surface area contributed by atoms with Crippen molar-refractivity contribution in [2.75, 3.05) is 20.2 Å². The molecular formula is C24H27NO4. The smallest absolute Gasteiger partial charge is 0.335 e. The molecule has 1 spiro atoms. The number of rotatable bonds is 5. The number of hydrogen-bond acceptors (Lipinski definition) is 3. The Balaban J connectivity index is 1.50. The van der Waals surface area contributed by atoms with E-state index in [1.165, 1.54) is 12.0 Å². The molecule has 1 saturated carbocycles. The van der Waals surface area contributed by atoms with Crippen LogP contribution in [0.3, 0.4) is 0 Å². The van der Waals surface area contributed by atoms with E-state index in [0.717, 1.165) is 37.1 Å². The van der Waals surface area contributed by atoms with Gasteiger partial charge in [-0.3, -0.25) is 4.79 Å². The van der Waals surface area contributed by atoms with Gasteiger partial charge in [0.25, 0.3) is 0 Å². The molecule has 1 aliphatic heterocycles. The minimum Gasteiger partial charge on any atom is -0.496 e. The highest BCUT2D eigenvalue weighted by molar-refractivity contribution is 5.90. The van der Waals surface area contributed by atoms with Crippen LogP contribution >= 0.6 is 0 Å². The Hall–Kier alpha value is -2.82. The van der Waals surface area contributed by atoms with Crippen LogP contribution in [0, 0.1) is 5.41 Å². The summed E-state index contributed by atoms with van der Waals surface area (Å²) < 4.78 is 5.43. The second kappa shape index (κ2) is 7.54. The standard InChI is InChI=1S/C24H27NO4/c1-3-22(26)25-12-10-24(11-13-25)15-20(24)17-6-4-16(5-7-17)19-14-18(23(27)28)8-9-21(19)29-2/h4-9,14,20H,3,10-13,15H2,1-2H3,(H,27,28)/t20-/m0/s1. The second-order valence-corrected chi connectivity index (χ2v) is 8.20. The molecule has 0 aromatic heterocycles. The predicted molar refractivity (Wildman–Crippen MR) is 111 cm³/mol. The van der Waals surface area contributed by atoms with Gasteiger partial charge in [-0.25, -0.2) is 4.79 Å². The fourth-order valence-electron chi connectivity index (χ4n) is 4.76. The van der Waals surface area contributed by atoms with Crippen LogP contribution in [-0.4, -0.2) is 42.1 Å². The number of carbonyl (C=O) groups is 2. The number of amides is 1. The SMILES string of the molecule is CCC(=O)N1CCC2(CC1)C[C@H]2c1ccc(-c2cc(C(=O)O)ccc2OC)cc1. The summed E-state index contributed by atoms with van der Waals surface area (Å²) in [5.74, 6) is 0.540. The summed E-state index contributed by atoms with van der Waals surface area (Å²) in [5, 5.41) is 9.29. The van der Waals surface area contributed by atoms with E-state index < -0.39 is 5.97 Å². The average Bonchev–Trinajstić information content (AvgIpc) is 3.46. The highest BCUT2D eigenvalue weighted by Crippen LogP contribution is 2.65. The zero-order valence-electron chi connectivity index (χ0n) is 17.0. The molecule has 2 aromatic carbocycles. The van der Waals surface area contributed by atoms with E-state index >= 15 is 0 Å². The lowest BCUT2D eigenvalue weighted by Crippen LogP contribution is -2.39. The van der Waals surface area contributed by atoms with Gasteiger partial charge < -0.3 is 14.7 Å². The van der Waals surface area contributed by atoms with Gasteiger partial charge in [0, 0.05) is 25.1 Å². The molecule has 1 aliphatic carbocycles. The number of methoxy groups -OCH3 is 1. The van der Waals surface area contributed by atoms with Crippen molar-refractivity contribution in [3.63, 3.8) is 0 Å². The first kappa shape index (κ1) is 19.5. The summed E-state index contributed by atoms with van der Waals surface area (Å²) in [7, 11) is 1.59. The molecule has 1 amide bonds. The van der Waals surface area contributed by atoms with Gasteiger partial charge in [0.1, 0.15) is 5.75 Å². The number of carbonyl (C=O) groups excluding carboxylic acids is 1. The molecule has 152 valence electrons. The van der Waals surface area contributed by atoms with Crippen molar-refractivity contribution in [3.8, 4) is 16.9 Å². The quantitative estimate of drug-likeness (QED) is 0.808. The van der Waals surface area contributed by atoms with Crippen LogP contribution in [0.2, 0.25) is 0 Å². The van der Waals surface area contributed by atoms with E-state index in [9.17, 15) is 14.7 Å². The third-order valence-electron chi connectivity index (χ3n) is 6.67. The van der Waals surface area contributed by atoms with Gasteiger partial charge in [-0.15, -0.1) is 0 Å². The molecule has 1 atom stereocenters. The molecule has 1 heterocycles. The first-order chi connectivity index (χ1) is 14.0. The third kappa shape index (κ3) is 3.61.